The van der Waals surface area contributed by atoms with Gasteiger partial charge in [-0.05, 0) is 44.7 Å². The van der Waals surface area contributed by atoms with Crippen LogP contribution in [0.2, 0.25) is 5.15 Å². The van der Waals surface area contributed by atoms with E-state index in [1.165, 1.54) is 41.0 Å². The van der Waals surface area contributed by atoms with Crippen LogP contribution >= 0.6 is 23.4 Å². The SMILES string of the molecule is Cc1ccc(SCc2nc(Cl)c3c(n2)CCCCC3)cc1. The summed E-state index contributed by atoms with van der Waals surface area (Å²) in [5, 5.41) is 0.668. The summed E-state index contributed by atoms with van der Waals surface area (Å²) in [5.74, 6) is 1.63. The van der Waals surface area contributed by atoms with Gasteiger partial charge in [0.05, 0.1) is 5.75 Å². The molecule has 110 valence electrons. The number of aromatic nitrogens is 2. The molecule has 0 bridgehead atoms. The lowest BCUT2D eigenvalue weighted by atomic mass is 10.1. The number of hydrogen-bond acceptors (Lipinski definition) is 3. The smallest absolute Gasteiger partial charge is 0.140 e. The van der Waals surface area contributed by atoms with Crippen LogP contribution < -0.4 is 0 Å². The molecule has 0 spiro atoms. The number of fused-ring (bicyclic) bond motifs is 1. The normalized spacial score (nSPS) is 14.6. The third-order valence-corrected chi connectivity index (χ3v) is 5.14. The van der Waals surface area contributed by atoms with Crippen LogP contribution in [0.1, 0.15) is 41.9 Å². The third-order valence-electron chi connectivity index (χ3n) is 3.82. The van der Waals surface area contributed by atoms with Crippen LogP contribution in [0.5, 0.6) is 0 Å². The molecule has 0 aliphatic heterocycles. The zero-order chi connectivity index (χ0) is 14.7. The predicted octanol–water partition coefficient (Wildman–Crippen LogP) is 5.00. The molecule has 1 aliphatic carbocycles. The van der Waals surface area contributed by atoms with Gasteiger partial charge in [-0.25, -0.2) is 9.97 Å². The molecule has 3 rings (SSSR count). The van der Waals surface area contributed by atoms with Gasteiger partial charge in [0.25, 0.3) is 0 Å². The van der Waals surface area contributed by atoms with E-state index < -0.39 is 0 Å². The molecule has 0 unspecified atom stereocenters. The maximum absolute atomic E-state index is 6.36. The average molecular weight is 319 g/mol. The highest BCUT2D eigenvalue weighted by atomic mass is 35.5. The Kier molecular flexibility index (Phi) is 4.81. The van der Waals surface area contributed by atoms with Crippen molar-refractivity contribution in [3.05, 3.63) is 52.1 Å². The van der Waals surface area contributed by atoms with Gasteiger partial charge >= 0.3 is 0 Å². The summed E-state index contributed by atoms with van der Waals surface area (Å²) in [6.45, 7) is 2.10. The fraction of sp³-hybridized carbons (Fsp3) is 0.412. The van der Waals surface area contributed by atoms with Crippen molar-refractivity contribution in [1.29, 1.82) is 0 Å². The van der Waals surface area contributed by atoms with E-state index in [4.69, 9.17) is 16.6 Å². The van der Waals surface area contributed by atoms with Crippen molar-refractivity contribution in [2.24, 2.45) is 0 Å². The molecule has 0 amide bonds. The van der Waals surface area contributed by atoms with Gasteiger partial charge in [-0.3, -0.25) is 0 Å². The fourth-order valence-corrected chi connectivity index (χ4v) is 3.67. The number of halogens is 1. The average Bonchev–Trinajstić information content (AvgIpc) is 2.72. The van der Waals surface area contributed by atoms with Crippen molar-refractivity contribution in [3.63, 3.8) is 0 Å². The minimum absolute atomic E-state index is 0.668. The van der Waals surface area contributed by atoms with Crippen molar-refractivity contribution in [2.75, 3.05) is 0 Å². The van der Waals surface area contributed by atoms with Crippen LogP contribution in [-0.4, -0.2) is 9.97 Å². The predicted molar refractivity (Wildman–Crippen MR) is 89.0 cm³/mol. The van der Waals surface area contributed by atoms with Gasteiger partial charge in [0, 0.05) is 16.2 Å². The van der Waals surface area contributed by atoms with E-state index in [0.717, 1.165) is 24.4 Å². The largest absolute Gasteiger partial charge is 0.237 e. The summed E-state index contributed by atoms with van der Waals surface area (Å²) in [4.78, 5) is 10.5. The van der Waals surface area contributed by atoms with E-state index in [0.29, 0.717) is 5.15 Å². The maximum atomic E-state index is 6.36. The van der Waals surface area contributed by atoms with Crippen LogP contribution in [0, 0.1) is 6.92 Å². The standard InChI is InChI=1S/C17H19ClN2S/c1-12-7-9-13(10-8-12)21-11-16-19-15-6-4-2-3-5-14(15)17(18)20-16/h7-10H,2-6,11H2,1H3. The Labute approximate surface area is 135 Å². The van der Waals surface area contributed by atoms with E-state index >= 15 is 0 Å². The summed E-state index contributed by atoms with van der Waals surface area (Å²) in [6, 6.07) is 8.55. The van der Waals surface area contributed by atoms with Crippen molar-refractivity contribution in [2.45, 2.75) is 49.7 Å². The maximum Gasteiger partial charge on any atom is 0.140 e. The molecule has 4 heteroatoms. The van der Waals surface area contributed by atoms with Gasteiger partial charge in [-0.2, -0.15) is 0 Å². The Bertz CT molecular complexity index is 625. The van der Waals surface area contributed by atoms with E-state index in [1.807, 2.05) is 0 Å². The van der Waals surface area contributed by atoms with E-state index in [1.54, 1.807) is 11.8 Å². The van der Waals surface area contributed by atoms with Gasteiger partial charge in [0.2, 0.25) is 0 Å². The van der Waals surface area contributed by atoms with Gasteiger partial charge in [-0.15, -0.1) is 11.8 Å². The lowest BCUT2D eigenvalue weighted by Gasteiger charge is -2.09. The number of rotatable bonds is 3. The molecule has 1 aromatic carbocycles. The summed E-state index contributed by atoms with van der Waals surface area (Å²) in [7, 11) is 0. The molecule has 2 aromatic rings. The third kappa shape index (κ3) is 3.78. The van der Waals surface area contributed by atoms with Crippen molar-refractivity contribution >= 4 is 23.4 Å². The summed E-state index contributed by atoms with van der Waals surface area (Å²) in [6.07, 6.45) is 5.75. The van der Waals surface area contributed by atoms with E-state index in [2.05, 4.69) is 36.2 Å². The quantitative estimate of drug-likeness (QED) is 0.452. The topological polar surface area (TPSA) is 25.8 Å². The Morgan fingerprint density at radius 1 is 1.05 bits per heavy atom. The number of aryl methyl sites for hydroxylation is 2. The van der Waals surface area contributed by atoms with Crippen molar-refractivity contribution in [1.82, 2.24) is 9.97 Å². The van der Waals surface area contributed by atoms with Crippen molar-refractivity contribution < 1.29 is 0 Å². The van der Waals surface area contributed by atoms with Crippen LogP contribution in [0.3, 0.4) is 0 Å². The minimum atomic E-state index is 0.668. The Balaban J connectivity index is 1.75. The Morgan fingerprint density at radius 2 is 1.81 bits per heavy atom. The molecular weight excluding hydrogens is 300 g/mol. The first-order valence-corrected chi connectivity index (χ1v) is 8.82. The van der Waals surface area contributed by atoms with Gasteiger partial charge in [0.1, 0.15) is 11.0 Å². The lowest BCUT2D eigenvalue weighted by molar-refractivity contribution is 0.708. The van der Waals surface area contributed by atoms with Crippen LogP contribution in [0.25, 0.3) is 0 Å². The molecule has 0 radical (unpaired) electrons. The monoisotopic (exact) mass is 318 g/mol. The number of thioether (sulfide) groups is 1. The second kappa shape index (κ2) is 6.80. The van der Waals surface area contributed by atoms with Crippen LogP contribution in [-0.2, 0) is 18.6 Å². The van der Waals surface area contributed by atoms with Crippen molar-refractivity contribution in [3.8, 4) is 0 Å². The molecular formula is C17H19ClN2S. The molecule has 21 heavy (non-hydrogen) atoms. The minimum Gasteiger partial charge on any atom is -0.237 e. The molecule has 0 saturated heterocycles. The molecule has 1 aliphatic rings. The Morgan fingerprint density at radius 3 is 2.62 bits per heavy atom. The molecule has 0 atom stereocenters. The Hall–Kier alpha value is -1.06. The zero-order valence-corrected chi connectivity index (χ0v) is 13.8. The molecule has 1 heterocycles. The van der Waals surface area contributed by atoms with Gasteiger partial charge in [0.15, 0.2) is 0 Å². The highest BCUT2D eigenvalue weighted by molar-refractivity contribution is 7.98. The highest BCUT2D eigenvalue weighted by Gasteiger charge is 2.15. The second-order valence-corrected chi connectivity index (χ2v) is 6.93. The van der Waals surface area contributed by atoms with Gasteiger partial charge in [-0.1, -0.05) is 35.7 Å². The summed E-state index contributed by atoms with van der Waals surface area (Å²) < 4.78 is 0. The van der Waals surface area contributed by atoms with E-state index in [9.17, 15) is 0 Å². The molecule has 2 nitrogen and oxygen atoms in total. The molecule has 0 fully saturated rings. The summed E-state index contributed by atoms with van der Waals surface area (Å²) in [5.41, 5.74) is 3.63. The van der Waals surface area contributed by atoms with Gasteiger partial charge < -0.3 is 0 Å². The lowest BCUT2D eigenvalue weighted by Crippen LogP contribution is -2.04. The van der Waals surface area contributed by atoms with Crippen LogP contribution in [0.4, 0.5) is 0 Å². The summed E-state index contributed by atoms with van der Waals surface area (Å²) >= 11 is 8.13. The first kappa shape index (κ1) is 14.9. The van der Waals surface area contributed by atoms with Crippen LogP contribution in [0.15, 0.2) is 29.2 Å². The van der Waals surface area contributed by atoms with E-state index in [-0.39, 0.29) is 0 Å². The zero-order valence-electron chi connectivity index (χ0n) is 12.2. The first-order chi connectivity index (χ1) is 10.2. The molecule has 0 N–H and O–H groups in total. The fourth-order valence-electron chi connectivity index (χ4n) is 2.62. The highest BCUT2D eigenvalue weighted by Crippen LogP contribution is 2.27. The molecule has 1 aromatic heterocycles. The first-order valence-electron chi connectivity index (χ1n) is 7.46. The number of nitrogens with zero attached hydrogens (tertiary/aromatic N) is 2. The number of benzene rings is 1. The number of hydrogen-bond donors (Lipinski definition) is 0. The second-order valence-electron chi connectivity index (χ2n) is 5.52. The molecule has 0 saturated carbocycles.